The van der Waals surface area contributed by atoms with Crippen LogP contribution >= 0.6 is 11.8 Å². The first kappa shape index (κ1) is 19.2. The van der Waals surface area contributed by atoms with E-state index in [1.807, 2.05) is 6.92 Å². The Morgan fingerprint density at radius 2 is 2.00 bits per heavy atom. The molecule has 8 heteroatoms. The molecule has 0 spiro atoms. The summed E-state index contributed by atoms with van der Waals surface area (Å²) in [5.41, 5.74) is 0.535. The van der Waals surface area contributed by atoms with Gasteiger partial charge in [-0.15, -0.1) is 11.8 Å². The van der Waals surface area contributed by atoms with Gasteiger partial charge in [0.05, 0.1) is 21.6 Å². The molecule has 1 N–H and O–H groups in total. The number of amides is 2. The number of nitrogens with one attached hydrogen (secondary N) is 1. The number of benzene rings is 1. The van der Waals surface area contributed by atoms with Crippen LogP contribution in [0.2, 0.25) is 0 Å². The first-order valence-electron chi connectivity index (χ1n) is 9.03. The van der Waals surface area contributed by atoms with Crippen molar-refractivity contribution < 1.29 is 18.0 Å². The number of anilines is 1. The molecular formula is C18H24N2O4S2. The highest BCUT2D eigenvalue weighted by Crippen LogP contribution is 2.38. The van der Waals surface area contributed by atoms with E-state index >= 15 is 0 Å². The van der Waals surface area contributed by atoms with Crippen molar-refractivity contribution in [3.8, 4) is 0 Å². The SMILES string of the molecule is CC[C@H]1Sc2ccc(S(=O)(=O)CCC(=O)N3CCCCC3)cc2NC1=O. The molecule has 6 nitrogen and oxygen atoms in total. The number of nitrogens with zero attached hydrogens (tertiary/aromatic N) is 1. The number of fused-ring (bicyclic) bond motifs is 1. The summed E-state index contributed by atoms with van der Waals surface area (Å²) in [6, 6.07) is 4.81. The van der Waals surface area contributed by atoms with Gasteiger partial charge in [-0.1, -0.05) is 6.92 Å². The summed E-state index contributed by atoms with van der Waals surface area (Å²) >= 11 is 1.45. The number of likely N-dealkylation sites (tertiary alicyclic amines) is 1. The highest BCUT2D eigenvalue weighted by molar-refractivity contribution is 8.01. The van der Waals surface area contributed by atoms with Crippen molar-refractivity contribution in [2.45, 2.75) is 54.1 Å². The molecule has 26 heavy (non-hydrogen) atoms. The van der Waals surface area contributed by atoms with E-state index in [4.69, 9.17) is 0 Å². The van der Waals surface area contributed by atoms with Gasteiger partial charge in [-0.2, -0.15) is 0 Å². The maximum Gasteiger partial charge on any atom is 0.237 e. The minimum atomic E-state index is -3.57. The lowest BCUT2D eigenvalue weighted by Gasteiger charge is -2.26. The number of hydrogen-bond donors (Lipinski definition) is 1. The summed E-state index contributed by atoms with van der Waals surface area (Å²) in [6.07, 6.45) is 3.81. The van der Waals surface area contributed by atoms with Crippen molar-refractivity contribution in [1.29, 1.82) is 0 Å². The first-order chi connectivity index (χ1) is 12.4. The van der Waals surface area contributed by atoms with Crippen LogP contribution in [0.4, 0.5) is 5.69 Å². The second-order valence-corrected chi connectivity index (χ2v) is 10.0. The molecule has 0 saturated carbocycles. The van der Waals surface area contributed by atoms with Gasteiger partial charge in [-0.05, 0) is 43.9 Å². The fraction of sp³-hybridized carbons (Fsp3) is 0.556. The van der Waals surface area contributed by atoms with E-state index in [0.29, 0.717) is 12.1 Å². The molecule has 1 aromatic rings. The van der Waals surface area contributed by atoms with Gasteiger partial charge >= 0.3 is 0 Å². The van der Waals surface area contributed by atoms with Gasteiger partial charge in [-0.3, -0.25) is 9.59 Å². The number of rotatable bonds is 5. The quantitative estimate of drug-likeness (QED) is 0.827. The fourth-order valence-corrected chi connectivity index (χ4v) is 5.51. The summed E-state index contributed by atoms with van der Waals surface area (Å²) in [7, 11) is -3.57. The third-order valence-electron chi connectivity index (χ3n) is 4.79. The third kappa shape index (κ3) is 4.23. The Hall–Kier alpha value is -1.54. The minimum absolute atomic E-state index is 0.00155. The summed E-state index contributed by atoms with van der Waals surface area (Å²) < 4.78 is 25.2. The maximum atomic E-state index is 12.6. The number of carbonyl (C=O) groups excluding carboxylic acids is 2. The summed E-state index contributed by atoms with van der Waals surface area (Å²) in [4.78, 5) is 27.0. The fourth-order valence-electron chi connectivity index (χ4n) is 3.23. The Kier molecular flexibility index (Phi) is 5.92. The topological polar surface area (TPSA) is 83.6 Å². The molecule has 2 aliphatic rings. The summed E-state index contributed by atoms with van der Waals surface area (Å²) in [5, 5.41) is 2.64. The lowest BCUT2D eigenvalue weighted by Crippen LogP contribution is -2.36. The number of sulfone groups is 1. The molecule has 0 aromatic heterocycles. The largest absolute Gasteiger partial charge is 0.343 e. The van der Waals surface area contributed by atoms with Gasteiger partial charge in [-0.25, -0.2) is 8.42 Å². The maximum absolute atomic E-state index is 12.6. The Morgan fingerprint density at radius 3 is 2.69 bits per heavy atom. The normalized spacial score (nSPS) is 20.4. The van der Waals surface area contributed by atoms with Crippen LogP contribution in [-0.2, 0) is 19.4 Å². The molecule has 1 fully saturated rings. The van der Waals surface area contributed by atoms with E-state index in [0.717, 1.165) is 37.2 Å². The summed E-state index contributed by atoms with van der Waals surface area (Å²) in [6.45, 7) is 3.39. The van der Waals surface area contributed by atoms with Gasteiger partial charge in [0.1, 0.15) is 0 Å². The molecule has 1 atom stereocenters. The van der Waals surface area contributed by atoms with E-state index in [1.54, 1.807) is 17.0 Å². The van der Waals surface area contributed by atoms with Crippen LogP contribution in [0.1, 0.15) is 39.0 Å². The van der Waals surface area contributed by atoms with Gasteiger partial charge in [0.15, 0.2) is 9.84 Å². The molecule has 0 bridgehead atoms. The molecule has 0 unspecified atom stereocenters. The average Bonchev–Trinajstić information content (AvgIpc) is 2.65. The Bertz CT molecular complexity index is 801. The average molecular weight is 397 g/mol. The zero-order chi connectivity index (χ0) is 18.7. The van der Waals surface area contributed by atoms with Crippen molar-refractivity contribution in [3.63, 3.8) is 0 Å². The van der Waals surface area contributed by atoms with Crippen LogP contribution in [-0.4, -0.2) is 49.2 Å². The number of thioether (sulfide) groups is 1. The van der Waals surface area contributed by atoms with Gasteiger partial charge in [0.25, 0.3) is 0 Å². The molecule has 0 radical (unpaired) electrons. The second kappa shape index (κ2) is 8.00. The minimum Gasteiger partial charge on any atom is -0.343 e. The van der Waals surface area contributed by atoms with Crippen molar-refractivity contribution >= 4 is 39.1 Å². The third-order valence-corrected chi connectivity index (χ3v) is 7.95. The Morgan fingerprint density at radius 1 is 1.27 bits per heavy atom. The van der Waals surface area contributed by atoms with Crippen LogP contribution in [0, 0.1) is 0 Å². The lowest BCUT2D eigenvalue weighted by molar-refractivity contribution is -0.131. The van der Waals surface area contributed by atoms with Crippen molar-refractivity contribution in [2.24, 2.45) is 0 Å². The van der Waals surface area contributed by atoms with Crippen LogP contribution in [0.15, 0.2) is 28.0 Å². The Balaban J connectivity index is 1.69. The van der Waals surface area contributed by atoms with Crippen molar-refractivity contribution in [1.82, 2.24) is 4.90 Å². The Labute approximate surface area is 158 Å². The van der Waals surface area contributed by atoms with E-state index in [2.05, 4.69) is 5.32 Å². The van der Waals surface area contributed by atoms with E-state index in [1.165, 1.54) is 17.8 Å². The predicted molar refractivity (Wildman–Crippen MR) is 102 cm³/mol. The molecule has 3 rings (SSSR count). The number of carbonyl (C=O) groups is 2. The van der Waals surface area contributed by atoms with Gasteiger partial charge in [0.2, 0.25) is 11.8 Å². The molecule has 142 valence electrons. The predicted octanol–water partition coefficient (Wildman–Crippen LogP) is 2.69. The van der Waals surface area contributed by atoms with Gasteiger partial charge in [0, 0.05) is 24.4 Å². The van der Waals surface area contributed by atoms with Gasteiger partial charge < -0.3 is 10.2 Å². The highest BCUT2D eigenvalue weighted by atomic mass is 32.2. The van der Waals surface area contributed by atoms with Crippen LogP contribution in [0.3, 0.4) is 0 Å². The van der Waals surface area contributed by atoms with E-state index in [9.17, 15) is 18.0 Å². The van der Waals surface area contributed by atoms with E-state index < -0.39 is 9.84 Å². The zero-order valence-corrected chi connectivity index (χ0v) is 16.5. The molecular weight excluding hydrogens is 372 g/mol. The summed E-state index contributed by atoms with van der Waals surface area (Å²) in [5.74, 6) is -0.402. The van der Waals surface area contributed by atoms with Crippen LogP contribution in [0.5, 0.6) is 0 Å². The molecule has 2 amide bonds. The first-order valence-corrected chi connectivity index (χ1v) is 11.6. The lowest BCUT2D eigenvalue weighted by atomic mass is 10.1. The molecule has 2 heterocycles. The monoisotopic (exact) mass is 396 g/mol. The van der Waals surface area contributed by atoms with Crippen LogP contribution < -0.4 is 5.32 Å². The molecule has 2 aliphatic heterocycles. The second-order valence-electron chi connectivity index (χ2n) is 6.67. The smallest absolute Gasteiger partial charge is 0.237 e. The van der Waals surface area contributed by atoms with Crippen LogP contribution in [0.25, 0.3) is 0 Å². The van der Waals surface area contributed by atoms with Crippen molar-refractivity contribution in [2.75, 3.05) is 24.2 Å². The van der Waals surface area contributed by atoms with E-state index in [-0.39, 0.29) is 34.1 Å². The number of hydrogen-bond acceptors (Lipinski definition) is 5. The molecule has 1 aromatic carbocycles. The standard InChI is InChI=1S/C18H24N2O4S2/c1-2-15-18(22)19-14-12-13(6-7-16(14)25-15)26(23,24)11-8-17(21)20-9-4-3-5-10-20/h6-7,12,15H,2-5,8-11H2,1H3,(H,19,22)/t15-/m1/s1. The zero-order valence-electron chi connectivity index (χ0n) is 14.9. The molecule has 1 saturated heterocycles. The molecule has 0 aliphatic carbocycles. The highest BCUT2D eigenvalue weighted by Gasteiger charge is 2.27. The number of piperidine rings is 1. The van der Waals surface area contributed by atoms with Crippen molar-refractivity contribution in [3.05, 3.63) is 18.2 Å².